The predicted molar refractivity (Wildman–Crippen MR) is 128 cm³/mol. The number of hydrogen-bond donors (Lipinski definition) is 3. The van der Waals surface area contributed by atoms with Crippen molar-refractivity contribution in [1.82, 2.24) is 9.97 Å². The van der Waals surface area contributed by atoms with Crippen LogP contribution in [0.5, 0.6) is 0 Å². The molecule has 0 spiro atoms. The lowest BCUT2D eigenvalue weighted by molar-refractivity contribution is 0.0697. The Morgan fingerprint density at radius 2 is 1.73 bits per heavy atom. The number of aromatic nitrogens is 2. The first kappa shape index (κ1) is 20.0. The van der Waals surface area contributed by atoms with E-state index in [0.29, 0.717) is 11.3 Å². The normalized spacial score (nSPS) is 10.6. The van der Waals surface area contributed by atoms with Crippen molar-refractivity contribution < 1.29 is 9.90 Å². The molecule has 0 aliphatic rings. The van der Waals surface area contributed by atoms with Crippen LogP contribution in [-0.2, 0) is 0 Å². The number of carboxylic acids is 1. The van der Waals surface area contributed by atoms with E-state index >= 15 is 0 Å². The van der Waals surface area contributed by atoms with Crippen LogP contribution in [0.2, 0.25) is 0 Å². The van der Waals surface area contributed by atoms with Crippen LogP contribution in [0.15, 0.2) is 91.4 Å². The van der Waals surface area contributed by atoms with Crippen LogP contribution >= 0.6 is 0 Å². The van der Waals surface area contributed by atoms with E-state index in [1.807, 2.05) is 54.7 Å². The molecule has 2 heterocycles. The summed E-state index contributed by atoms with van der Waals surface area (Å²) in [6, 6.07) is 24.8. The van der Waals surface area contributed by atoms with E-state index in [0.717, 1.165) is 38.8 Å². The first-order valence-electron chi connectivity index (χ1n) is 10.3. The molecule has 0 aliphatic carbocycles. The van der Waals surface area contributed by atoms with Gasteiger partial charge in [-0.3, -0.25) is 4.98 Å². The summed E-state index contributed by atoms with van der Waals surface area (Å²) in [6.07, 6.45) is 5.17. The Hall–Kier alpha value is -4.89. The van der Waals surface area contributed by atoms with Gasteiger partial charge in [0.2, 0.25) is 0 Å². The number of pyridine rings is 1. The molecular weight excluding hydrogens is 412 g/mol. The highest BCUT2D eigenvalue weighted by molar-refractivity contribution is 5.94. The first-order valence-corrected chi connectivity index (χ1v) is 10.3. The lowest BCUT2D eigenvalue weighted by Gasteiger charge is -2.17. The summed E-state index contributed by atoms with van der Waals surface area (Å²) >= 11 is 0. The molecule has 33 heavy (non-hydrogen) atoms. The largest absolute Gasteiger partial charge is 0.478 e. The van der Waals surface area contributed by atoms with Gasteiger partial charge < -0.3 is 15.4 Å². The van der Waals surface area contributed by atoms with Crippen molar-refractivity contribution in [2.45, 2.75) is 0 Å². The molecule has 5 rings (SSSR count). The van der Waals surface area contributed by atoms with E-state index in [9.17, 15) is 15.2 Å². The van der Waals surface area contributed by atoms with E-state index in [1.54, 1.807) is 36.7 Å². The minimum Gasteiger partial charge on any atom is -0.478 e. The first-order chi connectivity index (χ1) is 16.1. The highest BCUT2D eigenvalue weighted by Gasteiger charge is 2.16. The Kier molecular flexibility index (Phi) is 5.06. The molecule has 0 saturated carbocycles. The zero-order valence-corrected chi connectivity index (χ0v) is 17.4. The molecule has 0 saturated heterocycles. The second-order valence-corrected chi connectivity index (χ2v) is 7.55. The van der Waals surface area contributed by atoms with Gasteiger partial charge in [-0.05, 0) is 53.1 Å². The van der Waals surface area contributed by atoms with E-state index in [2.05, 4.69) is 21.4 Å². The molecule has 6 heteroatoms. The Morgan fingerprint density at radius 1 is 0.939 bits per heavy atom. The van der Waals surface area contributed by atoms with E-state index in [1.165, 1.54) is 0 Å². The van der Waals surface area contributed by atoms with Gasteiger partial charge in [0.25, 0.3) is 0 Å². The summed E-state index contributed by atoms with van der Waals surface area (Å²) in [6.45, 7) is 0. The number of benzene rings is 3. The average molecular weight is 430 g/mol. The van der Waals surface area contributed by atoms with Crippen molar-refractivity contribution in [1.29, 1.82) is 5.26 Å². The zero-order valence-electron chi connectivity index (χ0n) is 17.4. The minimum atomic E-state index is -0.966. The summed E-state index contributed by atoms with van der Waals surface area (Å²) in [4.78, 5) is 18.7. The summed E-state index contributed by atoms with van der Waals surface area (Å²) in [5.74, 6) is -0.966. The van der Waals surface area contributed by atoms with Crippen LogP contribution in [0.25, 0.3) is 33.2 Å². The van der Waals surface area contributed by atoms with Gasteiger partial charge in [-0.25, -0.2) is 4.79 Å². The third-order valence-electron chi connectivity index (χ3n) is 5.55. The quantitative estimate of drug-likeness (QED) is 0.308. The van der Waals surface area contributed by atoms with Crippen molar-refractivity contribution in [2.24, 2.45) is 0 Å². The second kappa shape index (κ2) is 8.33. The summed E-state index contributed by atoms with van der Waals surface area (Å²) in [7, 11) is 0. The summed E-state index contributed by atoms with van der Waals surface area (Å²) < 4.78 is 0. The lowest BCUT2D eigenvalue weighted by Crippen LogP contribution is -1.99. The molecular formula is C27H18N4O2. The topological polar surface area (TPSA) is 102 Å². The number of carboxylic acid groups (broad SMARTS) is 1. The van der Waals surface area contributed by atoms with Crippen molar-refractivity contribution in [2.75, 3.05) is 5.32 Å². The van der Waals surface area contributed by atoms with Crippen LogP contribution in [0, 0.1) is 11.3 Å². The van der Waals surface area contributed by atoms with Gasteiger partial charge in [0.1, 0.15) is 6.07 Å². The highest BCUT2D eigenvalue weighted by atomic mass is 16.4. The molecule has 3 aromatic carbocycles. The second-order valence-electron chi connectivity index (χ2n) is 7.55. The van der Waals surface area contributed by atoms with Crippen LogP contribution in [-0.4, -0.2) is 21.0 Å². The Bertz CT molecular complexity index is 1530. The number of nitrogens with zero attached hydrogens (tertiary/aromatic N) is 2. The van der Waals surface area contributed by atoms with Crippen molar-refractivity contribution in [3.63, 3.8) is 0 Å². The van der Waals surface area contributed by atoms with E-state index in [-0.39, 0.29) is 5.56 Å². The number of H-pyrrole nitrogens is 1. The highest BCUT2D eigenvalue weighted by Crippen LogP contribution is 2.38. The third kappa shape index (κ3) is 3.80. The zero-order chi connectivity index (χ0) is 22.8. The summed E-state index contributed by atoms with van der Waals surface area (Å²) in [5, 5.41) is 23.5. The van der Waals surface area contributed by atoms with E-state index < -0.39 is 5.97 Å². The monoisotopic (exact) mass is 430 g/mol. The molecule has 158 valence electrons. The predicted octanol–water partition coefficient (Wildman–Crippen LogP) is 6.21. The van der Waals surface area contributed by atoms with Crippen molar-refractivity contribution in [3.8, 4) is 28.3 Å². The number of fused-ring (bicyclic) bond motifs is 1. The Labute approximate surface area is 189 Å². The molecule has 0 atom stereocenters. The Morgan fingerprint density at radius 3 is 2.48 bits per heavy atom. The fourth-order valence-electron chi connectivity index (χ4n) is 3.92. The van der Waals surface area contributed by atoms with Gasteiger partial charge in [0.05, 0.1) is 16.8 Å². The lowest BCUT2D eigenvalue weighted by atomic mass is 9.93. The number of anilines is 2. The number of aromatic amines is 1. The van der Waals surface area contributed by atoms with Gasteiger partial charge in [0.15, 0.2) is 0 Å². The van der Waals surface area contributed by atoms with Crippen LogP contribution in [0.3, 0.4) is 0 Å². The molecule has 3 N–H and O–H groups in total. The number of carbonyl (C=O) groups is 1. The maximum Gasteiger partial charge on any atom is 0.335 e. The molecule has 6 nitrogen and oxygen atoms in total. The smallest absolute Gasteiger partial charge is 0.335 e. The van der Waals surface area contributed by atoms with Gasteiger partial charge in [0, 0.05) is 40.7 Å². The van der Waals surface area contributed by atoms with E-state index in [4.69, 9.17) is 0 Å². The fraction of sp³-hybridized carbons (Fsp3) is 0. The van der Waals surface area contributed by atoms with Gasteiger partial charge in [-0.1, -0.05) is 36.4 Å². The molecule has 5 aromatic rings. The molecule has 0 fully saturated rings. The molecule has 0 aliphatic heterocycles. The number of aromatic carboxylic acids is 1. The average Bonchev–Trinajstić information content (AvgIpc) is 3.32. The van der Waals surface area contributed by atoms with Crippen molar-refractivity contribution >= 4 is 28.2 Å². The standard InChI is InChI=1S/C27H18N4O2/c28-14-20-15-29-16-24(26(20)31-21-9-10-25-19(13-21)11-12-30-25)23-4-2-1-3-22(23)17-5-7-18(8-6-17)27(32)33/h1-13,15-16,30H,(H,29,31)(H,32,33). The SMILES string of the molecule is N#Cc1cncc(-c2ccccc2-c2ccc(C(=O)O)cc2)c1Nc1ccc2[nH]ccc2c1. The third-order valence-corrected chi connectivity index (χ3v) is 5.55. The molecule has 2 aromatic heterocycles. The summed E-state index contributed by atoms with van der Waals surface area (Å²) in [5.41, 5.74) is 6.66. The maximum absolute atomic E-state index is 11.2. The molecule has 0 bridgehead atoms. The van der Waals surface area contributed by atoms with Gasteiger partial charge in [-0.2, -0.15) is 5.26 Å². The van der Waals surface area contributed by atoms with Gasteiger partial charge >= 0.3 is 5.97 Å². The fourth-order valence-corrected chi connectivity index (χ4v) is 3.92. The molecule has 0 radical (unpaired) electrons. The maximum atomic E-state index is 11.2. The van der Waals surface area contributed by atoms with Crippen LogP contribution in [0.1, 0.15) is 15.9 Å². The number of nitriles is 1. The Balaban J connectivity index is 1.63. The number of nitrogens with one attached hydrogen (secondary N) is 2. The number of hydrogen-bond acceptors (Lipinski definition) is 4. The van der Waals surface area contributed by atoms with Crippen LogP contribution < -0.4 is 5.32 Å². The van der Waals surface area contributed by atoms with Crippen LogP contribution in [0.4, 0.5) is 11.4 Å². The van der Waals surface area contributed by atoms with Gasteiger partial charge in [-0.15, -0.1) is 0 Å². The molecule has 0 unspecified atom stereocenters. The number of rotatable bonds is 5. The van der Waals surface area contributed by atoms with Crippen molar-refractivity contribution in [3.05, 3.63) is 103 Å². The minimum absolute atomic E-state index is 0.229. The molecule has 0 amide bonds.